The van der Waals surface area contributed by atoms with Crippen molar-refractivity contribution in [2.45, 2.75) is 25.9 Å². The van der Waals surface area contributed by atoms with Crippen LogP contribution in [-0.2, 0) is 17.8 Å². The van der Waals surface area contributed by atoms with Gasteiger partial charge in [-0.15, -0.1) is 22.7 Å². The zero-order chi connectivity index (χ0) is 21.4. The van der Waals surface area contributed by atoms with Gasteiger partial charge in [-0.2, -0.15) is 0 Å². The Morgan fingerprint density at radius 2 is 1.97 bits per heavy atom. The fourth-order valence-electron chi connectivity index (χ4n) is 3.72. The predicted molar refractivity (Wildman–Crippen MR) is 121 cm³/mol. The van der Waals surface area contributed by atoms with Crippen LogP contribution in [0, 0.1) is 6.92 Å². The minimum absolute atomic E-state index is 0.224. The van der Waals surface area contributed by atoms with Gasteiger partial charge in [0.1, 0.15) is 6.04 Å². The highest BCUT2D eigenvalue weighted by Gasteiger charge is 2.36. The number of carbonyl (C=O) groups excluding carboxylic acids is 2. The van der Waals surface area contributed by atoms with Crippen LogP contribution in [0.15, 0.2) is 64.6 Å². The normalized spacial score (nSPS) is 15.5. The van der Waals surface area contributed by atoms with Crippen LogP contribution in [0.4, 0.5) is 5.13 Å². The summed E-state index contributed by atoms with van der Waals surface area (Å²) in [6.45, 7) is 2.40. The van der Waals surface area contributed by atoms with E-state index in [-0.39, 0.29) is 17.6 Å². The Morgan fingerprint density at radius 3 is 2.71 bits per heavy atom. The van der Waals surface area contributed by atoms with Crippen LogP contribution >= 0.6 is 22.7 Å². The Hall–Kier alpha value is -3.23. The average Bonchev–Trinajstić information content (AvgIpc) is 3.54. The van der Waals surface area contributed by atoms with Crippen LogP contribution in [-0.4, -0.2) is 27.7 Å². The topological polar surface area (TPSA) is 75.4 Å². The van der Waals surface area contributed by atoms with Crippen molar-refractivity contribution in [3.8, 4) is 10.6 Å². The van der Waals surface area contributed by atoms with Crippen molar-refractivity contribution in [3.63, 3.8) is 0 Å². The number of furan rings is 1. The predicted octanol–water partition coefficient (Wildman–Crippen LogP) is 4.98. The van der Waals surface area contributed by atoms with Gasteiger partial charge in [0.05, 0.1) is 16.8 Å². The number of benzene rings is 1. The molecule has 31 heavy (non-hydrogen) atoms. The fourth-order valence-corrected chi connectivity index (χ4v) is 5.33. The summed E-state index contributed by atoms with van der Waals surface area (Å²) >= 11 is 3.04. The molecule has 2 amide bonds. The number of fused-ring (bicyclic) bond motifs is 1. The first-order chi connectivity index (χ1) is 15.1. The van der Waals surface area contributed by atoms with Crippen LogP contribution in [0.3, 0.4) is 0 Å². The lowest BCUT2D eigenvalue weighted by atomic mass is 9.93. The van der Waals surface area contributed by atoms with Gasteiger partial charge in [-0.05, 0) is 42.3 Å². The summed E-state index contributed by atoms with van der Waals surface area (Å²) in [5.74, 6) is -0.326. The maximum Gasteiger partial charge on any atom is 0.290 e. The zero-order valence-corrected chi connectivity index (χ0v) is 18.3. The van der Waals surface area contributed by atoms with Gasteiger partial charge in [-0.25, -0.2) is 4.98 Å². The van der Waals surface area contributed by atoms with Gasteiger partial charge in [-0.1, -0.05) is 24.3 Å². The quantitative estimate of drug-likeness (QED) is 0.477. The number of thiophene rings is 1. The SMILES string of the molecule is Cc1ccc(-c2csc(NC(=O)C3Cc4ccccc4CN3C(=O)c3ccco3)n2)s1. The van der Waals surface area contributed by atoms with Gasteiger partial charge >= 0.3 is 0 Å². The second-order valence-corrected chi connectivity index (χ2v) is 9.48. The minimum Gasteiger partial charge on any atom is -0.459 e. The van der Waals surface area contributed by atoms with Gasteiger partial charge in [0, 0.05) is 23.2 Å². The van der Waals surface area contributed by atoms with E-state index in [0.29, 0.717) is 18.1 Å². The van der Waals surface area contributed by atoms with Gasteiger partial charge in [0.15, 0.2) is 10.9 Å². The molecule has 1 atom stereocenters. The van der Waals surface area contributed by atoms with Crippen molar-refractivity contribution < 1.29 is 14.0 Å². The van der Waals surface area contributed by atoms with Crippen LogP contribution in [0.5, 0.6) is 0 Å². The molecule has 1 aliphatic heterocycles. The van der Waals surface area contributed by atoms with E-state index in [2.05, 4.69) is 23.3 Å². The highest BCUT2D eigenvalue weighted by Crippen LogP contribution is 2.31. The lowest BCUT2D eigenvalue weighted by Crippen LogP contribution is -2.50. The van der Waals surface area contributed by atoms with E-state index in [1.54, 1.807) is 28.4 Å². The maximum atomic E-state index is 13.2. The summed E-state index contributed by atoms with van der Waals surface area (Å²) < 4.78 is 5.31. The van der Waals surface area contributed by atoms with E-state index in [4.69, 9.17) is 4.42 Å². The van der Waals surface area contributed by atoms with Crippen molar-refractivity contribution in [3.05, 3.63) is 81.9 Å². The second kappa shape index (κ2) is 8.13. The van der Waals surface area contributed by atoms with Gasteiger partial charge < -0.3 is 14.6 Å². The van der Waals surface area contributed by atoms with Gasteiger partial charge in [0.25, 0.3) is 5.91 Å². The smallest absolute Gasteiger partial charge is 0.290 e. The molecule has 4 heterocycles. The first-order valence-electron chi connectivity index (χ1n) is 9.83. The van der Waals surface area contributed by atoms with Crippen molar-refractivity contribution in [1.82, 2.24) is 9.88 Å². The minimum atomic E-state index is -0.649. The molecule has 0 bridgehead atoms. The number of thiazole rings is 1. The van der Waals surface area contributed by atoms with Crippen molar-refractivity contribution >= 4 is 39.6 Å². The molecule has 5 rings (SSSR count). The highest BCUT2D eigenvalue weighted by atomic mass is 32.1. The number of anilines is 1. The molecule has 1 aromatic carbocycles. The van der Waals surface area contributed by atoms with Crippen molar-refractivity contribution in [1.29, 1.82) is 0 Å². The molecule has 6 nitrogen and oxygen atoms in total. The Kier molecular flexibility index (Phi) is 5.17. The van der Waals surface area contributed by atoms with Crippen LogP contribution in [0.25, 0.3) is 10.6 Å². The van der Waals surface area contributed by atoms with E-state index >= 15 is 0 Å². The number of hydrogen-bond acceptors (Lipinski definition) is 6. The second-order valence-electron chi connectivity index (χ2n) is 7.34. The first kappa shape index (κ1) is 19.7. The average molecular weight is 450 g/mol. The van der Waals surface area contributed by atoms with E-state index in [1.807, 2.05) is 35.7 Å². The third-order valence-electron chi connectivity index (χ3n) is 5.27. The van der Waals surface area contributed by atoms with Gasteiger partial charge in [-0.3, -0.25) is 9.59 Å². The number of nitrogens with one attached hydrogen (secondary N) is 1. The number of amides is 2. The summed E-state index contributed by atoms with van der Waals surface area (Å²) in [5, 5.41) is 5.37. The summed E-state index contributed by atoms with van der Waals surface area (Å²) in [5.41, 5.74) is 2.95. The Morgan fingerprint density at radius 1 is 1.13 bits per heavy atom. The lowest BCUT2D eigenvalue weighted by molar-refractivity contribution is -0.121. The largest absolute Gasteiger partial charge is 0.459 e. The van der Waals surface area contributed by atoms with Gasteiger partial charge in [0.2, 0.25) is 5.91 Å². The summed E-state index contributed by atoms with van der Waals surface area (Å²) in [6.07, 6.45) is 1.90. The molecule has 0 fully saturated rings. The van der Waals surface area contributed by atoms with E-state index in [0.717, 1.165) is 21.7 Å². The summed E-state index contributed by atoms with van der Waals surface area (Å²) in [7, 11) is 0. The Bertz CT molecular complexity index is 1240. The molecule has 4 aromatic rings. The van der Waals surface area contributed by atoms with Crippen LogP contribution in [0.1, 0.15) is 26.6 Å². The molecular formula is C23H19N3O3S2. The lowest BCUT2D eigenvalue weighted by Gasteiger charge is -2.35. The molecule has 8 heteroatoms. The summed E-state index contributed by atoms with van der Waals surface area (Å²) in [4.78, 5) is 34.7. The molecule has 156 valence electrons. The fraction of sp³-hybridized carbons (Fsp3) is 0.174. The highest BCUT2D eigenvalue weighted by molar-refractivity contribution is 7.17. The number of hydrogen-bond donors (Lipinski definition) is 1. The summed E-state index contributed by atoms with van der Waals surface area (Å²) in [6, 6.07) is 14.6. The number of carbonyl (C=O) groups is 2. The van der Waals surface area contributed by atoms with Crippen molar-refractivity contribution in [2.24, 2.45) is 0 Å². The first-order valence-corrected chi connectivity index (χ1v) is 11.5. The molecule has 0 aliphatic carbocycles. The maximum absolute atomic E-state index is 13.2. The number of aryl methyl sites for hydroxylation is 1. The molecule has 1 N–H and O–H groups in total. The van der Waals surface area contributed by atoms with E-state index in [1.165, 1.54) is 22.5 Å². The monoisotopic (exact) mass is 449 g/mol. The standard InChI is InChI=1S/C23H19N3O3S2/c1-14-8-9-20(31-14)17-13-30-23(24-17)25-21(27)18-11-15-5-2-3-6-16(15)12-26(18)22(28)19-7-4-10-29-19/h2-10,13,18H,11-12H2,1H3,(H,24,25,27). The Labute approximate surface area is 187 Å². The molecule has 0 saturated heterocycles. The molecule has 0 radical (unpaired) electrons. The molecular weight excluding hydrogens is 430 g/mol. The molecule has 3 aromatic heterocycles. The zero-order valence-electron chi connectivity index (χ0n) is 16.7. The molecule has 0 spiro atoms. The molecule has 1 unspecified atom stereocenters. The van der Waals surface area contributed by atoms with E-state index in [9.17, 15) is 9.59 Å². The number of nitrogens with zero attached hydrogens (tertiary/aromatic N) is 2. The molecule has 1 aliphatic rings. The Balaban J connectivity index is 1.40. The third-order valence-corrected chi connectivity index (χ3v) is 7.05. The molecule has 0 saturated carbocycles. The third kappa shape index (κ3) is 3.92. The number of aromatic nitrogens is 1. The van der Waals surface area contributed by atoms with Crippen molar-refractivity contribution in [2.75, 3.05) is 5.32 Å². The van der Waals surface area contributed by atoms with E-state index < -0.39 is 6.04 Å². The van der Waals surface area contributed by atoms with Crippen LogP contribution in [0.2, 0.25) is 0 Å². The number of rotatable bonds is 4. The van der Waals surface area contributed by atoms with Crippen LogP contribution < -0.4 is 5.32 Å².